The van der Waals surface area contributed by atoms with Gasteiger partial charge in [-0.1, -0.05) is 6.07 Å². The number of benzene rings is 1. The fourth-order valence-electron chi connectivity index (χ4n) is 1.71. The molecule has 2 aromatic rings. The number of halogens is 1. The van der Waals surface area contributed by atoms with Crippen LogP contribution in [-0.4, -0.2) is 20.1 Å². The fraction of sp³-hybridized carbons (Fsp3) is 0.231. The number of aliphatic hydroxyl groups is 1. The summed E-state index contributed by atoms with van der Waals surface area (Å²) in [6.45, 7) is 1.43. The van der Waals surface area contributed by atoms with Crippen molar-refractivity contribution in [2.24, 2.45) is 0 Å². The van der Waals surface area contributed by atoms with E-state index in [4.69, 9.17) is 0 Å². The zero-order valence-electron chi connectivity index (χ0n) is 10.7. The molecule has 1 aromatic carbocycles. The number of thiophene rings is 1. The number of aliphatic hydroxyl groups excluding tert-OH is 1. The molecule has 0 bridgehead atoms. The lowest BCUT2D eigenvalue weighted by atomic mass is 10.2. The van der Waals surface area contributed by atoms with Gasteiger partial charge in [0.25, 0.3) is 0 Å². The smallest absolute Gasteiger partial charge is 0.241 e. The van der Waals surface area contributed by atoms with E-state index in [2.05, 4.69) is 4.72 Å². The van der Waals surface area contributed by atoms with E-state index in [1.807, 2.05) is 0 Å². The summed E-state index contributed by atoms with van der Waals surface area (Å²) in [5.74, 6) is -0.616. The zero-order valence-corrected chi connectivity index (χ0v) is 12.3. The first kappa shape index (κ1) is 15.1. The van der Waals surface area contributed by atoms with E-state index < -0.39 is 21.9 Å². The van der Waals surface area contributed by atoms with Gasteiger partial charge in [-0.05, 0) is 47.0 Å². The molecule has 0 radical (unpaired) electrons. The highest BCUT2D eigenvalue weighted by Gasteiger charge is 2.19. The number of hydrogen-bond acceptors (Lipinski definition) is 4. The van der Waals surface area contributed by atoms with Gasteiger partial charge in [0.2, 0.25) is 10.0 Å². The van der Waals surface area contributed by atoms with Gasteiger partial charge in [0, 0.05) is 6.54 Å². The van der Waals surface area contributed by atoms with Crippen LogP contribution in [0.1, 0.15) is 17.2 Å². The van der Waals surface area contributed by atoms with Crippen molar-refractivity contribution in [3.63, 3.8) is 0 Å². The third-order valence-electron chi connectivity index (χ3n) is 2.83. The highest BCUT2D eigenvalue weighted by Crippen LogP contribution is 2.18. The maximum absolute atomic E-state index is 13.2. The minimum Gasteiger partial charge on any atom is -0.387 e. The summed E-state index contributed by atoms with van der Waals surface area (Å²) in [5.41, 5.74) is 1.09. The maximum Gasteiger partial charge on any atom is 0.241 e. The lowest BCUT2D eigenvalue weighted by Gasteiger charge is -2.12. The van der Waals surface area contributed by atoms with Gasteiger partial charge in [0.1, 0.15) is 5.82 Å². The number of aryl methyl sites for hydroxylation is 1. The van der Waals surface area contributed by atoms with Crippen LogP contribution in [0, 0.1) is 12.7 Å². The zero-order chi connectivity index (χ0) is 14.8. The van der Waals surface area contributed by atoms with E-state index in [1.54, 1.807) is 23.8 Å². The van der Waals surface area contributed by atoms with E-state index in [-0.39, 0.29) is 11.4 Å². The summed E-state index contributed by atoms with van der Waals surface area (Å²) < 4.78 is 39.6. The Balaban J connectivity index is 2.13. The summed E-state index contributed by atoms with van der Waals surface area (Å²) >= 11 is 1.42. The van der Waals surface area contributed by atoms with Crippen molar-refractivity contribution in [1.82, 2.24) is 4.72 Å². The van der Waals surface area contributed by atoms with Gasteiger partial charge in [0.05, 0.1) is 11.0 Å². The molecule has 108 valence electrons. The number of rotatable bonds is 5. The molecule has 1 unspecified atom stereocenters. The van der Waals surface area contributed by atoms with E-state index in [0.717, 1.165) is 6.07 Å². The van der Waals surface area contributed by atoms with E-state index in [1.165, 1.54) is 23.5 Å². The van der Waals surface area contributed by atoms with Crippen molar-refractivity contribution in [2.75, 3.05) is 6.54 Å². The third-order valence-corrected chi connectivity index (χ3v) is 5.10. The standard InChI is InChI=1S/C13H14FNO3S2/c1-9-2-3-11(14)6-13(9)20(17,18)15-7-12(16)10-4-5-19-8-10/h2-6,8,12,15-16H,7H2,1H3. The molecule has 0 spiro atoms. The summed E-state index contributed by atoms with van der Waals surface area (Å²) in [7, 11) is -3.85. The number of hydrogen-bond donors (Lipinski definition) is 2. The van der Waals surface area contributed by atoms with Crippen LogP contribution in [0.3, 0.4) is 0 Å². The molecule has 0 saturated carbocycles. The molecule has 0 fully saturated rings. The lowest BCUT2D eigenvalue weighted by molar-refractivity contribution is 0.182. The summed E-state index contributed by atoms with van der Waals surface area (Å²) in [5, 5.41) is 13.4. The molecule has 20 heavy (non-hydrogen) atoms. The first-order chi connectivity index (χ1) is 9.40. The minimum absolute atomic E-state index is 0.116. The maximum atomic E-state index is 13.2. The van der Waals surface area contributed by atoms with E-state index >= 15 is 0 Å². The molecule has 4 nitrogen and oxygen atoms in total. The van der Waals surface area contributed by atoms with Gasteiger partial charge in [-0.2, -0.15) is 11.3 Å². The Morgan fingerprint density at radius 1 is 1.40 bits per heavy atom. The van der Waals surface area contributed by atoms with Crippen LogP contribution in [0.15, 0.2) is 39.9 Å². The Labute approximate surface area is 120 Å². The lowest BCUT2D eigenvalue weighted by Crippen LogP contribution is -2.29. The highest BCUT2D eigenvalue weighted by molar-refractivity contribution is 7.89. The van der Waals surface area contributed by atoms with Crippen LogP contribution in [-0.2, 0) is 10.0 Å². The Morgan fingerprint density at radius 3 is 2.80 bits per heavy atom. The number of nitrogens with one attached hydrogen (secondary N) is 1. The van der Waals surface area contributed by atoms with Crippen molar-refractivity contribution in [1.29, 1.82) is 0 Å². The molecule has 0 aliphatic heterocycles. The summed E-state index contributed by atoms with van der Waals surface area (Å²) in [4.78, 5) is -0.116. The van der Waals surface area contributed by atoms with Crippen molar-refractivity contribution in [3.05, 3.63) is 52.0 Å². The first-order valence-electron chi connectivity index (χ1n) is 5.86. The molecule has 0 amide bonds. The van der Waals surface area contributed by atoms with Crippen molar-refractivity contribution >= 4 is 21.4 Å². The molecule has 7 heteroatoms. The van der Waals surface area contributed by atoms with Crippen molar-refractivity contribution < 1.29 is 17.9 Å². The van der Waals surface area contributed by atoms with Gasteiger partial charge in [-0.25, -0.2) is 17.5 Å². The molecule has 2 rings (SSSR count). The van der Waals surface area contributed by atoms with Gasteiger partial charge >= 0.3 is 0 Å². The monoisotopic (exact) mass is 315 g/mol. The average molecular weight is 315 g/mol. The molecule has 2 N–H and O–H groups in total. The third kappa shape index (κ3) is 3.43. The molecule has 1 heterocycles. The molecule has 0 saturated heterocycles. The second-order valence-corrected chi connectivity index (χ2v) is 6.85. The second kappa shape index (κ2) is 6.01. The predicted octanol–water partition coefficient (Wildman–Crippen LogP) is 2.21. The van der Waals surface area contributed by atoms with Crippen LogP contribution in [0.25, 0.3) is 0 Å². The number of sulfonamides is 1. The predicted molar refractivity (Wildman–Crippen MR) is 75.6 cm³/mol. The van der Waals surface area contributed by atoms with Crippen LogP contribution >= 0.6 is 11.3 Å². The Hall–Kier alpha value is -1.28. The van der Waals surface area contributed by atoms with Crippen molar-refractivity contribution in [2.45, 2.75) is 17.9 Å². The van der Waals surface area contributed by atoms with Gasteiger partial charge < -0.3 is 5.11 Å². The average Bonchev–Trinajstić information content (AvgIpc) is 2.93. The summed E-state index contributed by atoms with van der Waals surface area (Å²) in [6, 6.07) is 5.29. The fourth-order valence-corrected chi connectivity index (χ4v) is 3.71. The quantitative estimate of drug-likeness (QED) is 0.889. The Kier molecular flexibility index (Phi) is 4.54. The normalized spacial score (nSPS) is 13.3. The molecule has 0 aliphatic carbocycles. The molecular weight excluding hydrogens is 301 g/mol. The van der Waals surface area contributed by atoms with Gasteiger partial charge in [-0.3, -0.25) is 0 Å². The van der Waals surface area contributed by atoms with Gasteiger partial charge in [-0.15, -0.1) is 0 Å². The van der Waals surface area contributed by atoms with Crippen LogP contribution < -0.4 is 4.72 Å². The molecule has 1 aromatic heterocycles. The Bertz CT molecular complexity index is 684. The van der Waals surface area contributed by atoms with Crippen molar-refractivity contribution in [3.8, 4) is 0 Å². The van der Waals surface area contributed by atoms with E-state index in [0.29, 0.717) is 11.1 Å². The Morgan fingerprint density at radius 2 is 2.15 bits per heavy atom. The largest absolute Gasteiger partial charge is 0.387 e. The van der Waals surface area contributed by atoms with Gasteiger partial charge in [0.15, 0.2) is 0 Å². The highest BCUT2D eigenvalue weighted by atomic mass is 32.2. The molecule has 1 atom stereocenters. The minimum atomic E-state index is -3.85. The molecular formula is C13H14FNO3S2. The van der Waals surface area contributed by atoms with Crippen LogP contribution in [0.5, 0.6) is 0 Å². The van der Waals surface area contributed by atoms with Crippen LogP contribution in [0.2, 0.25) is 0 Å². The molecule has 0 aliphatic rings. The van der Waals surface area contributed by atoms with Crippen LogP contribution in [0.4, 0.5) is 4.39 Å². The van der Waals surface area contributed by atoms with E-state index in [9.17, 15) is 17.9 Å². The second-order valence-electron chi connectivity index (χ2n) is 4.33. The first-order valence-corrected chi connectivity index (χ1v) is 8.29. The topological polar surface area (TPSA) is 66.4 Å². The summed E-state index contributed by atoms with van der Waals surface area (Å²) in [6.07, 6.45) is -0.926. The SMILES string of the molecule is Cc1ccc(F)cc1S(=O)(=O)NCC(O)c1ccsc1.